The fourth-order valence-corrected chi connectivity index (χ4v) is 2.02. The predicted molar refractivity (Wildman–Crippen MR) is 89.1 cm³/mol. The molecule has 3 N–H and O–H groups in total. The van der Waals surface area contributed by atoms with Crippen LogP contribution in [0.2, 0.25) is 0 Å². The molecule has 0 aliphatic heterocycles. The maximum Gasteiger partial charge on any atom is 0.314 e. The van der Waals surface area contributed by atoms with Crippen molar-refractivity contribution in [2.45, 2.75) is 6.42 Å². The average Bonchev–Trinajstić information content (AvgIpc) is 3.14. The summed E-state index contributed by atoms with van der Waals surface area (Å²) in [6.45, 7) is 1.18. The Morgan fingerprint density at radius 1 is 1.00 bits per heavy atom. The van der Waals surface area contributed by atoms with Crippen LogP contribution in [0.25, 0.3) is 0 Å². The van der Waals surface area contributed by atoms with Gasteiger partial charge in [0.25, 0.3) is 5.91 Å². The molecular weight excluding hydrogens is 310 g/mol. The highest BCUT2D eigenvalue weighted by Crippen LogP contribution is 2.11. The summed E-state index contributed by atoms with van der Waals surface area (Å²) in [7, 11) is 1.62. The largest absolute Gasteiger partial charge is 0.497 e. The molecule has 0 atom stereocenters. The zero-order chi connectivity index (χ0) is 17.2. The van der Waals surface area contributed by atoms with Gasteiger partial charge in [-0.3, -0.25) is 4.79 Å². The number of hydrogen-bond acceptors (Lipinski definition) is 4. The third-order valence-electron chi connectivity index (χ3n) is 3.30. The molecule has 3 amide bonds. The van der Waals surface area contributed by atoms with Gasteiger partial charge >= 0.3 is 6.03 Å². The van der Waals surface area contributed by atoms with Crippen molar-refractivity contribution in [3.05, 3.63) is 54.0 Å². The molecule has 2 aromatic rings. The monoisotopic (exact) mass is 331 g/mol. The molecule has 1 aromatic heterocycles. The lowest BCUT2D eigenvalue weighted by atomic mass is 10.1. The Balaban J connectivity index is 1.55. The molecule has 128 valence electrons. The van der Waals surface area contributed by atoms with Gasteiger partial charge < -0.3 is 25.1 Å². The van der Waals surface area contributed by atoms with Gasteiger partial charge in [-0.2, -0.15) is 0 Å². The normalized spacial score (nSPS) is 10.0. The molecule has 0 radical (unpaired) electrons. The number of furan rings is 1. The molecule has 0 aliphatic rings. The minimum atomic E-state index is -0.304. The standard InChI is InChI=1S/C17H21N3O4/c1-23-14-6-4-13(5-7-14)8-9-19-17(22)20-11-10-18-16(21)15-3-2-12-24-15/h2-7,12H,8-11H2,1H3,(H,18,21)(H2,19,20,22). The van der Waals surface area contributed by atoms with E-state index in [1.807, 2.05) is 24.3 Å². The van der Waals surface area contributed by atoms with E-state index in [0.29, 0.717) is 19.6 Å². The first-order valence-electron chi connectivity index (χ1n) is 7.65. The molecule has 1 heterocycles. The fourth-order valence-electron chi connectivity index (χ4n) is 2.02. The summed E-state index contributed by atoms with van der Waals surface area (Å²) in [5.41, 5.74) is 1.11. The number of carbonyl (C=O) groups is 2. The first kappa shape index (κ1) is 17.4. The van der Waals surface area contributed by atoms with Gasteiger partial charge in [0.15, 0.2) is 5.76 Å². The summed E-state index contributed by atoms with van der Waals surface area (Å²) in [5.74, 6) is 0.752. The van der Waals surface area contributed by atoms with Gasteiger partial charge in [-0.05, 0) is 36.2 Å². The molecule has 7 heteroatoms. The highest BCUT2D eigenvalue weighted by Gasteiger charge is 2.07. The van der Waals surface area contributed by atoms with Crippen molar-refractivity contribution >= 4 is 11.9 Å². The summed E-state index contributed by atoms with van der Waals surface area (Å²) < 4.78 is 10.1. The Kier molecular flexibility index (Phi) is 6.70. The van der Waals surface area contributed by atoms with E-state index in [0.717, 1.165) is 17.7 Å². The second kappa shape index (κ2) is 9.24. The molecule has 0 saturated carbocycles. The third kappa shape index (κ3) is 5.68. The Labute approximate surface area is 140 Å². The number of ether oxygens (including phenoxy) is 1. The van der Waals surface area contributed by atoms with E-state index in [2.05, 4.69) is 16.0 Å². The van der Waals surface area contributed by atoms with E-state index in [4.69, 9.17) is 9.15 Å². The second-order valence-electron chi connectivity index (χ2n) is 5.01. The van der Waals surface area contributed by atoms with Gasteiger partial charge in [0, 0.05) is 19.6 Å². The number of benzene rings is 1. The van der Waals surface area contributed by atoms with E-state index in [9.17, 15) is 9.59 Å². The van der Waals surface area contributed by atoms with Gasteiger partial charge in [-0.25, -0.2) is 4.79 Å². The minimum Gasteiger partial charge on any atom is -0.497 e. The summed E-state index contributed by atoms with van der Waals surface area (Å²) in [5, 5.41) is 8.08. The van der Waals surface area contributed by atoms with Crippen LogP contribution in [0.5, 0.6) is 5.75 Å². The van der Waals surface area contributed by atoms with Crippen LogP contribution >= 0.6 is 0 Å². The van der Waals surface area contributed by atoms with E-state index in [1.54, 1.807) is 19.2 Å². The van der Waals surface area contributed by atoms with Crippen molar-refractivity contribution in [2.75, 3.05) is 26.7 Å². The van der Waals surface area contributed by atoms with Crippen molar-refractivity contribution in [3.63, 3.8) is 0 Å². The molecule has 0 spiro atoms. The van der Waals surface area contributed by atoms with Crippen LogP contribution in [0.15, 0.2) is 47.1 Å². The first-order chi connectivity index (χ1) is 11.7. The fraction of sp³-hybridized carbons (Fsp3) is 0.294. The highest BCUT2D eigenvalue weighted by atomic mass is 16.5. The quantitative estimate of drug-likeness (QED) is 0.640. The minimum absolute atomic E-state index is 0.249. The van der Waals surface area contributed by atoms with Crippen molar-refractivity contribution in [1.29, 1.82) is 0 Å². The molecule has 0 aliphatic carbocycles. The van der Waals surface area contributed by atoms with E-state index in [-0.39, 0.29) is 17.7 Å². The SMILES string of the molecule is COc1ccc(CCNC(=O)NCCNC(=O)c2ccco2)cc1. The number of carbonyl (C=O) groups excluding carboxylic acids is 2. The maximum absolute atomic E-state index is 11.6. The van der Waals surface area contributed by atoms with Crippen LogP contribution in [-0.2, 0) is 6.42 Å². The molecule has 1 aromatic carbocycles. The third-order valence-corrected chi connectivity index (χ3v) is 3.30. The van der Waals surface area contributed by atoms with Crippen LogP contribution in [0.4, 0.5) is 4.79 Å². The van der Waals surface area contributed by atoms with Crippen LogP contribution in [0.3, 0.4) is 0 Å². The second-order valence-corrected chi connectivity index (χ2v) is 5.01. The topological polar surface area (TPSA) is 92.6 Å². The van der Waals surface area contributed by atoms with Crippen LogP contribution in [0.1, 0.15) is 16.1 Å². The Morgan fingerprint density at radius 2 is 1.71 bits per heavy atom. The van der Waals surface area contributed by atoms with Crippen LogP contribution < -0.4 is 20.7 Å². The Morgan fingerprint density at radius 3 is 2.38 bits per heavy atom. The Hall–Kier alpha value is -2.96. The number of amides is 3. The van der Waals surface area contributed by atoms with Gasteiger partial charge in [0.1, 0.15) is 5.75 Å². The van der Waals surface area contributed by atoms with Crippen molar-refractivity contribution < 1.29 is 18.7 Å². The van der Waals surface area contributed by atoms with Gasteiger partial charge in [0.2, 0.25) is 0 Å². The number of hydrogen-bond donors (Lipinski definition) is 3. The lowest BCUT2D eigenvalue weighted by Gasteiger charge is -2.08. The lowest BCUT2D eigenvalue weighted by molar-refractivity contribution is 0.0926. The van der Waals surface area contributed by atoms with Gasteiger partial charge in [-0.1, -0.05) is 12.1 Å². The molecule has 24 heavy (non-hydrogen) atoms. The predicted octanol–water partition coefficient (Wildman–Crippen LogP) is 1.56. The number of urea groups is 1. The molecular formula is C17H21N3O4. The highest BCUT2D eigenvalue weighted by molar-refractivity contribution is 5.91. The Bertz CT molecular complexity index is 638. The zero-order valence-corrected chi connectivity index (χ0v) is 13.5. The molecule has 0 fully saturated rings. The molecule has 7 nitrogen and oxygen atoms in total. The van der Waals surface area contributed by atoms with Crippen LogP contribution in [0, 0.1) is 0 Å². The molecule has 2 rings (SSSR count). The van der Waals surface area contributed by atoms with E-state index in [1.165, 1.54) is 6.26 Å². The zero-order valence-electron chi connectivity index (χ0n) is 13.5. The summed E-state index contributed by atoms with van der Waals surface area (Å²) in [6, 6.07) is 10.6. The van der Waals surface area contributed by atoms with E-state index < -0.39 is 0 Å². The molecule has 0 saturated heterocycles. The summed E-state index contributed by atoms with van der Waals surface area (Å²) in [6.07, 6.45) is 2.16. The number of rotatable bonds is 8. The maximum atomic E-state index is 11.6. The smallest absolute Gasteiger partial charge is 0.314 e. The number of methoxy groups -OCH3 is 1. The van der Waals surface area contributed by atoms with Crippen molar-refractivity contribution in [1.82, 2.24) is 16.0 Å². The van der Waals surface area contributed by atoms with Gasteiger partial charge in [-0.15, -0.1) is 0 Å². The first-order valence-corrected chi connectivity index (χ1v) is 7.65. The average molecular weight is 331 g/mol. The van der Waals surface area contributed by atoms with Crippen molar-refractivity contribution in [3.8, 4) is 5.75 Å². The van der Waals surface area contributed by atoms with Crippen molar-refractivity contribution in [2.24, 2.45) is 0 Å². The molecule has 0 unspecified atom stereocenters. The number of nitrogens with one attached hydrogen (secondary N) is 3. The molecule has 0 bridgehead atoms. The summed E-state index contributed by atoms with van der Waals surface area (Å²) in [4.78, 5) is 23.2. The van der Waals surface area contributed by atoms with Crippen LogP contribution in [-0.4, -0.2) is 38.7 Å². The van der Waals surface area contributed by atoms with Gasteiger partial charge in [0.05, 0.1) is 13.4 Å². The lowest BCUT2D eigenvalue weighted by Crippen LogP contribution is -2.40. The van der Waals surface area contributed by atoms with E-state index >= 15 is 0 Å². The summed E-state index contributed by atoms with van der Waals surface area (Å²) >= 11 is 0.